The van der Waals surface area contributed by atoms with Crippen molar-refractivity contribution < 1.29 is 96.2 Å². The first-order chi connectivity index (χ1) is 45.0. The maximum atomic E-state index is 15.9. The van der Waals surface area contributed by atoms with Crippen LogP contribution in [0.4, 0.5) is 15.3 Å². The summed E-state index contributed by atoms with van der Waals surface area (Å²) < 4.78 is 48.8. The summed E-state index contributed by atoms with van der Waals surface area (Å²) in [5.74, 6) is -7.86. The number of nitrogens with one attached hydrogen (secondary N) is 2. The number of nitro benzene ring substituents is 1. The Morgan fingerprint density at radius 2 is 1.33 bits per heavy atom. The van der Waals surface area contributed by atoms with Crippen LogP contribution >= 0.6 is 0 Å². The quantitative estimate of drug-likeness (QED) is 0.0190. The average Bonchev–Trinajstić information content (AvgIpc) is 0.670. The number of nitrogens with zero attached hydrogens (tertiary/aromatic N) is 3. The van der Waals surface area contributed by atoms with Crippen molar-refractivity contribution in [1.82, 2.24) is 20.4 Å². The van der Waals surface area contributed by atoms with Gasteiger partial charge in [0.1, 0.15) is 41.8 Å². The number of rotatable bonds is 20. The number of benzene rings is 5. The Kier molecular flexibility index (Phi) is 20.3. The molecule has 4 amide bonds. The predicted molar refractivity (Wildman–Crippen MR) is 335 cm³/mol. The SMILES string of the molecule is CNC(=O)c1ccc(Oc2cc(C(C)OC(=O)N(C)CCN(C)C(=O)O[C@@H](C(=O)O[C@H]3C[C@@]4(O)[C@@H](OC(=O)c5ccccc5)[C@@H]5[C@]6(OC(C)=O)CO[C@@H]6C[C@H](O)[C@@]5(C)C(=O)[C@H](OC(C)=O)C(=C3C)C4(C)C)[C@@H](NC(=O)c3ccccc3)c3ccccc3)ccc2[N+](=O)[O-])cc1. The standard InChI is InChI=1S/C69H75N5O21/c1-38-50(36-69(85)59(94-62(81)45-24-18-13-19-25-45)57-67(7,51(77)35-52-68(57,37-88-52)95-41(4)76)58(78)55(90-40(3)75)53(38)66(69,5)6)92-63(82)56(54(42-20-14-11-15-21-42)71-61(80)43-22-16-12-17-23-43)93-65(84)73(10)33-32-72(9)64(83)89-39(2)46-28-31-48(74(86)87)49(34-46)91-47-29-26-44(27-30-47)60(79)70-8/h11-31,34,39,50-52,54-57,59,77,85H,32-33,35-37H2,1-10H3,(H,70,79)(H,71,80)/t39?,50-,51-,52+,54-,55+,56+,57-,59-,67+,68-,69+/m0/s1. The summed E-state index contributed by atoms with van der Waals surface area (Å²) in [7, 11) is 4.15. The van der Waals surface area contributed by atoms with Crippen LogP contribution in [-0.2, 0) is 52.3 Å². The Bertz CT molecular complexity index is 3810. The summed E-state index contributed by atoms with van der Waals surface area (Å²) in [5.41, 5.74) is -7.90. The number of nitro groups is 1. The van der Waals surface area contributed by atoms with Crippen molar-refractivity contribution >= 4 is 59.3 Å². The number of likely N-dealkylation sites (N-methyl/N-ethyl adjacent to an activating group) is 2. The lowest BCUT2D eigenvalue weighted by atomic mass is 9.44. The van der Waals surface area contributed by atoms with Gasteiger partial charge in [-0.25, -0.2) is 19.2 Å². The fraction of sp³-hybridized carbons (Fsp3) is 0.406. The molecule has 2 bridgehead atoms. The molecule has 26 heteroatoms. The minimum Gasteiger partial charge on any atom is -0.455 e. The summed E-state index contributed by atoms with van der Waals surface area (Å²) in [6.45, 7) is 8.65. The molecule has 95 heavy (non-hydrogen) atoms. The molecule has 1 aliphatic heterocycles. The molecule has 5 aromatic rings. The zero-order valence-corrected chi connectivity index (χ0v) is 53.9. The monoisotopic (exact) mass is 1310 g/mol. The van der Waals surface area contributed by atoms with Gasteiger partial charge in [-0.15, -0.1) is 0 Å². The van der Waals surface area contributed by atoms with Gasteiger partial charge in [0, 0.05) is 83.5 Å². The van der Waals surface area contributed by atoms with Gasteiger partial charge in [-0.3, -0.25) is 34.1 Å². The van der Waals surface area contributed by atoms with Crippen LogP contribution in [0.2, 0.25) is 0 Å². The van der Waals surface area contributed by atoms with E-state index in [4.69, 9.17) is 37.9 Å². The number of Topliss-reactive ketones (excluding diaryl/α,β-unsaturated/α-hetero) is 1. The van der Waals surface area contributed by atoms with Crippen molar-refractivity contribution in [3.05, 3.63) is 183 Å². The summed E-state index contributed by atoms with van der Waals surface area (Å²) in [5, 5.41) is 43.9. The first-order valence-electron chi connectivity index (χ1n) is 30.6. The van der Waals surface area contributed by atoms with Crippen LogP contribution in [0, 0.1) is 26.9 Å². The van der Waals surface area contributed by atoms with Gasteiger partial charge in [0.15, 0.2) is 17.5 Å². The molecule has 9 rings (SSSR count). The Balaban J connectivity index is 1.05. The number of ether oxygens (including phenoxy) is 8. The zero-order chi connectivity index (χ0) is 69.1. The van der Waals surface area contributed by atoms with Gasteiger partial charge in [-0.1, -0.05) is 80.6 Å². The van der Waals surface area contributed by atoms with E-state index in [2.05, 4.69) is 10.6 Å². The zero-order valence-electron chi connectivity index (χ0n) is 53.9. The average molecular weight is 1310 g/mol. The highest BCUT2D eigenvalue weighted by Crippen LogP contribution is 2.64. The third-order valence-corrected chi connectivity index (χ3v) is 18.6. The lowest BCUT2D eigenvalue weighted by Gasteiger charge is -2.67. The smallest absolute Gasteiger partial charge is 0.410 e. The Morgan fingerprint density at radius 3 is 1.88 bits per heavy atom. The summed E-state index contributed by atoms with van der Waals surface area (Å²) >= 11 is 0. The van der Waals surface area contributed by atoms with Gasteiger partial charge in [0.05, 0.1) is 34.5 Å². The van der Waals surface area contributed by atoms with Crippen molar-refractivity contribution in [2.75, 3.05) is 40.8 Å². The number of carbonyl (C=O) groups is 9. The Labute approximate surface area is 546 Å². The molecular formula is C69H75N5O21. The highest BCUT2D eigenvalue weighted by Gasteiger charge is 2.78. The normalized spacial score (nSPS) is 24.8. The Hall–Kier alpha value is -10.1. The molecule has 12 atom stereocenters. The molecule has 3 fully saturated rings. The van der Waals surface area contributed by atoms with Crippen LogP contribution in [0.1, 0.15) is 116 Å². The van der Waals surface area contributed by atoms with Crippen LogP contribution in [-0.4, -0.2) is 167 Å². The first kappa shape index (κ1) is 69.3. The van der Waals surface area contributed by atoms with E-state index in [0.29, 0.717) is 11.1 Å². The van der Waals surface area contributed by atoms with Crippen molar-refractivity contribution in [2.24, 2.45) is 16.7 Å². The number of carbonyl (C=O) groups excluding carboxylic acids is 9. The number of hydrogen-bond donors (Lipinski definition) is 4. The third-order valence-electron chi connectivity index (χ3n) is 18.6. The topological polar surface area (TPSA) is 342 Å². The fourth-order valence-corrected chi connectivity index (χ4v) is 13.2. The van der Waals surface area contributed by atoms with Crippen LogP contribution in [0.25, 0.3) is 0 Å². The summed E-state index contributed by atoms with van der Waals surface area (Å²) in [4.78, 5) is 141. The molecule has 4 N–H and O–H groups in total. The van der Waals surface area contributed by atoms with E-state index in [1.54, 1.807) is 66.7 Å². The van der Waals surface area contributed by atoms with Crippen molar-refractivity contribution in [3.63, 3.8) is 0 Å². The molecule has 0 radical (unpaired) electrons. The molecule has 3 aliphatic carbocycles. The molecule has 2 saturated carbocycles. The lowest BCUT2D eigenvalue weighted by molar-refractivity contribution is -0.385. The highest BCUT2D eigenvalue weighted by molar-refractivity contribution is 5.97. The van der Waals surface area contributed by atoms with E-state index in [9.17, 15) is 53.9 Å². The first-order valence-corrected chi connectivity index (χ1v) is 30.6. The van der Waals surface area contributed by atoms with Crippen molar-refractivity contribution in [1.29, 1.82) is 0 Å². The summed E-state index contributed by atoms with van der Waals surface area (Å²) in [6.07, 6.45) is -14.6. The van der Waals surface area contributed by atoms with E-state index in [1.807, 2.05) is 0 Å². The highest BCUT2D eigenvalue weighted by atomic mass is 16.6. The second-order valence-corrected chi connectivity index (χ2v) is 24.8. The summed E-state index contributed by atoms with van der Waals surface area (Å²) in [6, 6.07) is 31.8. The van der Waals surface area contributed by atoms with Crippen LogP contribution < -0.4 is 15.4 Å². The molecule has 5 aromatic carbocycles. The molecule has 1 saturated heterocycles. The van der Waals surface area contributed by atoms with Gasteiger partial charge < -0.3 is 68.5 Å². The molecule has 26 nitrogen and oxygen atoms in total. The second-order valence-electron chi connectivity index (χ2n) is 24.8. The molecule has 0 aromatic heterocycles. The maximum absolute atomic E-state index is 15.9. The minimum atomic E-state index is -2.56. The van der Waals surface area contributed by atoms with E-state index >= 15 is 9.59 Å². The number of esters is 4. The van der Waals surface area contributed by atoms with Gasteiger partial charge >= 0.3 is 41.8 Å². The van der Waals surface area contributed by atoms with E-state index in [0.717, 1.165) is 23.6 Å². The number of aliphatic hydroxyl groups excluding tert-OH is 1. The van der Waals surface area contributed by atoms with E-state index in [-0.39, 0.29) is 64.8 Å². The van der Waals surface area contributed by atoms with Crippen LogP contribution in [0.5, 0.6) is 11.5 Å². The number of amides is 4. The number of ketones is 1. The van der Waals surface area contributed by atoms with Gasteiger partial charge in [-0.05, 0) is 104 Å². The molecule has 1 heterocycles. The van der Waals surface area contributed by atoms with Gasteiger partial charge in [-0.2, -0.15) is 0 Å². The van der Waals surface area contributed by atoms with E-state index in [1.165, 1.54) is 122 Å². The number of hydrogen-bond acceptors (Lipinski definition) is 21. The number of fused-ring (bicyclic) bond motifs is 5. The molecule has 0 spiro atoms. The van der Waals surface area contributed by atoms with Crippen molar-refractivity contribution in [3.8, 4) is 11.5 Å². The maximum Gasteiger partial charge on any atom is 0.410 e. The molecular weight excluding hydrogens is 1230 g/mol. The predicted octanol–water partition coefficient (Wildman–Crippen LogP) is 7.70. The van der Waals surface area contributed by atoms with Crippen molar-refractivity contribution in [2.45, 2.75) is 121 Å². The Morgan fingerprint density at radius 1 is 0.747 bits per heavy atom. The molecule has 4 aliphatic rings. The van der Waals surface area contributed by atoms with E-state index < -0.39 is 148 Å². The third kappa shape index (κ3) is 13.7. The van der Waals surface area contributed by atoms with Crippen LogP contribution in [0.3, 0.4) is 0 Å². The largest absolute Gasteiger partial charge is 0.455 e. The minimum absolute atomic E-state index is 0.00160. The van der Waals surface area contributed by atoms with Gasteiger partial charge in [0.2, 0.25) is 11.9 Å². The van der Waals surface area contributed by atoms with Gasteiger partial charge in [0.25, 0.3) is 11.8 Å². The van der Waals surface area contributed by atoms with Crippen LogP contribution in [0.15, 0.2) is 145 Å². The molecule has 1 unspecified atom stereocenters. The second kappa shape index (κ2) is 27.9. The number of aliphatic hydroxyl groups is 2. The lowest BCUT2D eigenvalue weighted by Crippen LogP contribution is -2.82. The fourth-order valence-electron chi connectivity index (χ4n) is 13.2. The molecule has 502 valence electrons.